The number of ketones is 1. The third-order valence-electron chi connectivity index (χ3n) is 4.65. The van der Waals surface area contributed by atoms with Gasteiger partial charge in [-0.1, -0.05) is 48.5 Å². The molecule has 0 heterocycles. The van der Waals surface area contributed by atoms with Crippen molar-refractivity contribution in [3.8, 4) is 0 Å². The molecule has 0 aromatic heterocycles. The molecule has 0 bridgehead atoms. The molecular formula is C23H26N2O6. The van der Waals surface area contributed by atoms with Gasteiger partial charge in [0.05, 0.1) is 13.2 Å². The minimum atomic E-state index is -1.69. The second-order valence-electron chi connectivity index (χ2n) is 7.00. The van der Waals surface area contributed by atoms with Crippen LogP contribution in [0.5, 0.6) is 0 Å². The number of aliphatic hydroxyl groups excluding tert-OH is 1. The van der Waals surface area contributed by atoms with Gasteiger partial charge in [0.25, 0.3) is 11.8 Å². The zero-order valence-corrected chi connectivity index (χ0v) is 17.4. The quantitative estimate of drug-likeness (QED) is 0.496. The second-order valence-corrected chi connectivity index (χ2v) is 7.00. The van der Waals surface area contributed by atoms with Crippen molar-refractivity contribution in [1.82, 2.24) is 10.6 Å². The Kier molecular flexibility index (Phi) is 8.90. The van der Waals surface area contributed by atoms with Gasteiger partial charge in [0.15, 0.2) is 6.10 Å². The van der Waals surface area contributed by atoms with Gasteiger partial charge in [-0.05, 0) is 31.0 Å². The molecule has 0 spiro atoms. The van der Waals surface area contributed by atoms with Crippen LogP contribution in [0, 0.1) is 0 Å². The summed E-state index contributed by atoms with van der Waals surface area (Å²) in [6.45, 7) is 1.37. The van der Waals surface area contributed by atoms with Crippen LogP contribution >= 0.6 is 0 Å². The Morgan fingerprint density at radius 3 is 2.06 bits per heavy atom. The molecule has 0 aliphatic heterocycles. The number of methoxy groups -OCH3 is 1. The van der Waals surface area contributed by atoms with Crippen LogP contribution in [-0.4, -0.2) is 47.9 Å². The molecule has 0 unspecified atom stereocenters. The summed E-state index contributed by atoms with van der Waals surface area (Å²) in [6.07, 6.45) is -1.60. The molecule has 0 saturated carbocycles. The maximum absolute atomic E-state index is 12.7. The minimum Gasteiger partial charge on any atom is -0.467 e. The topological polar surface area (TPSA) is 122 Å². The number of esters is 1. The van der Waals surface area contributed by atoms with Crippen molar-refractivity contribution in [2.75, 3.05) is 7.11 Å². The van der Waals surface area contributed by atoms with Gasteiger partial charge < -0.3 is 25.3 Å². The maximum atomic E-state index is 12.7. The highest BCUT2D eigenvalue weighted by Gasteiger charge is 2.32. The highest BCUT2D eigenvalue weighted by molar-refractivity contribution is 5.95. The maximum Gasteiger partial charge on any atom is 0.328 e. The molecule has 2 aromatic rings. The largest absolute Gasteiger partial charge is 0.467 e. The van der Waals surface area contributed by atoms with Crippen molar-refractivity contribution in [2.45, 2.75) is 38.0 Å². The normalized spacial score (nSPS) is 13.4. The average Bonchev–Trinajstić information content (AvgIpc) is 2.79. The number of hydrogen-bond acceptors (Lipinski definition) is 6. The van der Waals surface area contributed by atoms with Crippen LogP contribution in [0.25, 0.3) is 0 Å². The minimum absolute atomic E-state index is 0.0346. The molecule has 3 atom stereocenters. The molecule has 3 N–H and O–H groups in total. The number of carbonyl (C=O) groups excluding carboxylic acids is 4. The predicted octanol–water partition coefficient (Wildman–Crippen LogP) is 1.55. The van der Waals surface area contributed by atoms with Gasteiger partial charge in [-0.2, -0.15) is 0 Å². The van der Waals surface area contributed by atoms with Crippen LogP contribution in [0.1, 0.15) is 41.7 Å². The summed E-state index contributed by atoms with van der Waals surface area (Å²) in [7, 11) is 1.17. The first-order valence-corrected chi connectivity index (χ1v) is 9.80. The number of aliphatic hydroxyl groups is 1. The van der Waals surface area contributed by atoms with E-state index in [1.54, 1.807) is 60.7 Å². The Bertz CT molecular complexity index is 901. The van der Waals surface area contributed by atoms with Gasteiger partial charge in [0.1, 0.15) is 11.8 Å². The zero-order valence-electron chi connectivity index (χ0n) is 17.4. The SMILES string of the molecule is COC(=O)[C@@H](CCC(C)=O)NC(=O)[C@H](O)[C@@H](NC(=O)c1ccccc1)c1ccccc1. The van der Waals surface area contributed by atoms with E-state index in [0.29, 0.717) is 11.1 Å². The predicted molar refractivity (Wildman–Crippen MR) is 113 cm³/mol. The van der Waals surface area contributed by atoms with Gasteiger partial charge in [-0.3, -0.25) is 9.59 Å². The average molecular weight is 426 g/mol. The molecule has 164 valence electrons. The molecule has 2 amide bonds. The fourth-order valence-electron chi connectivity index (χ4n) is 2.97. The number of benzene rings is 2. The molecule has 2 aromatic carbocycles. The third kappa shape index (κ3) is 7.04. The van der Waals surface area contributed by atoms with E-state index in [4.69, 9.17) is 0 Å². The number of amides is 2. The Morgan fingerprint density at radius 2 is 1.52 bits per heavy atom. The van der Waals surface area contributed by atoms with E-state index in [1.165, 1.54) is 14.0 Å². The summed E-state index contributed by atoms with van der Waals surface area (Å²) in [5.41, 5.74) is 0.873. The van der Waals surface area contributed by atoms with Gasteiger partial charge in [0.2, 0.25) is 0 Å². The van der Waals surface area contributed by atoms with E-state index in [2.05, 4.69) is 15.4 Å². The Hall–Kier alpha value is -3.52. The first-order chi connectivity index (χ1) is 14.8. The van der Waals surface area contributed by atoms with Gasteiger partial charge in [0, 0.05) is 12.0 Å². The lowest BCUT2D eigenvalue weighted by Crippen LogP contribution is -2.50. The molecule has 8 nitrogen and oxygen atoms in total. The second kappa shape index (κ2) is 11.6. The summed E-state index contributed by atoms with van der Waals surface area (Å²) in [5, 5.41) is 15.9. The molecule has 0 fully saturated rings. The van der Waals surface area contributed by atoms with E-state index in [-0.39, 0.29) is 18.6 Å². The van der Waals surface area contributed by atoms with Crippen molar-refractivity contribution in [2.24, 2.45) is 0 Å². The standard InChI is InChI=1S/C23H26N2O6/c1-15(26)13-14-18(23(30)31-2)24-22(29)20(27)19(16-9-5-3-6-10-16)25-21(28)17-11-7-4-8-12-17/h3-12,18-20,27H,13-14H2,1-2H3,(H,24,29)(H,25,28)/t18-,19+,20-/m1/s1. The van der Waals surface area contributed by atoms with E-state index in [9.17, 15) is 24.3 Å². The van der Waals surface area contributed by atoms with Crippen LogP contribution in [0.4, 0.5) is 0 Å². The van der Waals surface area contributed by atoms with Crippen molar-refractivity contribution in [3.63, 3.8) is 0 Å². The Labute approximate surface area is 180 Å². The Balaban J connectivity index is 2.21. The fraction of sp³-hybridized carbons (Fsp3) is 0.304. The van der Waals surface area contributed by atoms with Crippen LogP contribution in [0.3, 0.4) is 0 Å². The molecule has 0 aliphatic rings. The Morgan fingerprint density at radius 1 is 0.935 bits per heavy atom. The first-order valence-electron chi connectivity index (χ1n) is 9.80. The molecule has 0 radical (unpaired) electrons. The zero-order chi connectivity index (χ0) is 22.8. The van der Waals surface area contributed by atoms with E-state index >= 15 is 0 Å². The van der Waals surface area contributed by atoms with Crippen molar-refractivity contribution >= 4 is 23.6 Å². The molecule has 0 aliphatic carbocycles. The molecule has 0 saturated heterocycles. The summed E-state index contributed by atoms with van der Waals surface area (Å²) < 4.78 is 4.68. The van der Waals surface area contributed by atoms with Crippen LogP contribution in [-0.2, 0) is 19.1 Å². The number of rotatable bonds is 10. The van der Waals surface area contributed by atoms with Crippen LogP contribution < -0.4 is 10.6 Å². The number of Topliss-reactive ketones (excluding diaryl/α,β-unsaturated/α-hetero) is 1. The summed E-state index contributed by atoms with van der Waals surface area (Å²) in [4.78, 5) is 48.6. The lowest BCUT2D eigenvalue weighted by atomic mass is 9.99. The number of carbonyl (C=O) groups is 4. The lowest BCUT2D eigenvalue weighted by molar-refractivity contribution is -0.147. The van der Waals surface area contributed by atoms with Gasteiger partial charge >= 0.3 is 5.97 Å². The highest BCUT2D eigenvalue weighted by atomic mass is 16.5. The highest BCUT2D eigenvalue weighted by Crippen LogP contribution is 2.19. The smallest absolute Gasteiger partial charge is 0.328 e. The molecule has 2 rings (SSSR count). The molecule has 8 heteroatoms. The number of ether oxygens (including phenoxy) is 1. The first kappa shape index (κ1) is 23.8. The van der Waals surface area contributed by atoms with Gasteiger partial charge in [-0.15, -0.1) is 0 Å². The number of hydrogen-bond donors (Lipinski definition) is 3. The van der Waals surface area contributed by atoms with Crippen molar-refractivity contribution in [1.29, 1.82) is 0 Å². The third-order valence-corrected chi connectivity index (χ3v) is 4.65. The summed E-state index contributed by atoms with van der Waals surface area (Å²) >= 11 is 0. The summed E-state index contributed by atoms with van der Waals surface area (Å²) in [6, 6.07) is 14.7. The molecule has 31 heavy (non-hydrogen) atoms. The van der Waals surface area contributed by atoms with Crippen LogP contribution in [0.2, 0.25) is 0 Å². The van der Waals surface area contributed by atoms with Gasteiger partial charge in [-0.25, -0.2) is 4.79 Å². The fourth-order valence-corrected chi connectivity index (χ4v) is 2.97. The summed E-state index contributed by atoms with van der Waals surface area (Å²) in [5.74, 6) is -2.23. The number of nitrogens with one attached hydrogen (secondary N) is 2. The van der Waals surface area contributed by atoms with E-state index in [0.717, 1.165) is 0 Å². The van der Waals surface area contributed by atoms with Crippen LogP contribution in [0.15, 0.2) is 60.7 Å². The monoisotopic (exact) mass is 426 g/mol. The van der Waals surface area contributed by atoms with E-state index < -0.39 is 36.0 Å². The molecular weight excluding hydrogens is 400 g/mol. The van der Waals surface area contributed by atoms with E-state index in [1.807, 2.05) is 0 Å². The van der Waals surface area contributed by atoms with Crippen molar-refractivity contribution < 1.29 is 29.0 Å². The van der Waals surface area contributed by atoms with Crippen molar-refractivity contribution in [3.05, 3.63) is 71.8 Å². The lowest BCUT2D eigenvalue weighted by Gasteiger charge is -2.26.